The Balaban J connectivity index is 2.60. The first kappa shape index (κ1) is 7.81. The topological polar surface area (TPSA) is 48.2 Å². The number of hydrogen-bond donors (Lipinski definition) is 1. The van der Waals surface area contributed by atoms with E-state index in [0.29, 0.717) is 5.71 Å². The van der Waals surface area contributed by atoms with Crippen molar-refractivity contribution in [2.75, 3.05) is 0 Å². The van der Waals surface area contributed by atoms with Crippen molar-refractivity contribution in [3.63, 3.8) is 0 Å². The van der Waals surface area contributed by atoms with Gasteiger partial charge >= 0.3 is 0 Å². The Bertz CT molecular complexity index is 401. The van der Waals surface area contributed by atoms with Gasteiger partial charge in [0, 0.05) is 5.56 Å². The second-order valence-electron chi connectivity index (χ2n) is 3.01. The molecule has 0 fully saturated rings. The van der Waals surface area contributed by atoms with Gasteiger partial charge in [0.05, 0.1) is 6.04 Å². The normalized spacial score (nSPS) is 19.4. The van der Waals surface area contributed by atoms with E-state index in [1.165, 1.54) is 0 Å². The Hall–Kier alpha value is -1.82. The second kappa shape index (κ2) is 2.91. The third kappa shape index (κ3) is 1.17. The van der Waals surface area contributed by atoms with E-state index < -0.39 is 0 Å². The van der Waals surface area contributed by atoms with Gasteiger partial charge in [0.1, 0.15) is 6.07 Å². The summed E-state index contributed by atoms with van der Waals surface area (Å²) in [5.74, 6) is 0. The number of benzene rings is 1. The Morgan fingerprint density at radius 1 is 1.46 bits per heavy atom. The van der Waals surface area contributed by atoms with Gasteiger partial charge in [0.15, 0.2) is 5.71 Å². The number of rotatable bonds is 0. The zero-order valence-corrected chi connectivity index (χ0v) is 7.28. The van der Waals surface area contributed by atoms with Crippen molar-refractivity contribution in [3.8, 4) is 6.07 Å². The van der Waals surface area contributed by atoms with Crippen LogP contribution in [0.3, 0.4) is 0 Å². The summed E-state index contributed by atoms with van der Waals surface area (Å²) in [7, 11) is 0. The molecular weight excluding hydrogens is 162 g/mol. The van der Waals surface area contributed by atoms with Gasteiger partial charge in [-0.2, -0.15) is 10.4 Å². The third-order valence-electron chi connectivity index (χ3n) is 2.16. The molecule has 0 aromatic heterocycles. The van der Waals surface area contributed by atoms with Crippen molar-refractivity contribution >= 4 is 5.71 Å². The van der Waals surface area contributed by atoms with Gasteiger partial charge in [-0.05, 0) is 12.5 Å². The van der Waals surface area contributed by atoms with Crippen LogP contribution in [0.5, 0.6) is 0 Å². The Kier molecular flexibility index (Phi) is 1.75. The molecule has 0 amide bonds. The number of nitrogens with zero attached hydrogens (tertiary/aromatic N) is 2. The minimum Gasteiger partial charge on any atom is -0.302 e. The van der Waals surface area contributed by atoms with Gasteiger partial charge in [-0.25, -0.2) is 0 Å². The molecule has 0 saturated carbocycles. The van der Waals surface area contributed by atoms with Gasteiger partial charge in [-0.1, -0.05) is 24.3 Å². The molecule has 1 aromatic carbocycles. The van der Waals surface area contributed by atoms with E-state index in [-0.39, 0.29) is 6.04 Å². The molecule has 64 valence electrons. The summed E-state index contributed by atoms with van der Waals surface area (Å²) in [5.41, 5.74) is 5.45. The summed E-state index contributed by atoms with van der Waals surface area (Å²) in [6, 6.07) is 10.1. The molecular formula is C10H9N3. The molecule has 1 aliphatic heterocycles. The van der Waals surface area contributed by atoms with Crippen LogP contribution in [0.25, 0.3) is 0 Å². The number of hydrogen-bond acceptors (Lipinski definition) is 3. The highest BCUT2D eigenvalue weighted by molar-refractivity contribution is 6.12. The highest BCUT2D eigenvalue weighted by Crippen LogP contribution is 2.21. The van der Waals surface area contributed by atoms with Crippen molar-refractivity contribution in [3.05, 3.63) is 35.4 Å². The van der Waals surface area contributed by atoms with Crippen LogP contribution in [0.1, 0.15) is 24.1 Å². The van der Waals surface area contributed by atoms with Crippen molar-refractivity contribution in [1.29, 1.82) is 5.26 Å². The van der Waals surface area contributed by atoms with Crippen LogP contribution < -0.4 is 5.43 Å². The van der Waals surface area contributed by atoms with Crippen LogP contribution in [0, 0.1) is 11.3 Å². The Labute approximate surface area is 76.7 Å². The van der Waals surface area contributed by atoms with Gasteiger partial charge in [0.25, 0.3) is 0 Å². The molecule has 0 bridgehead atoms. The lowest BCUT2D eigenvalue weighted by molar-refractivity contribution is 0.595. The summed E-state index contributed by atoms with van der Waals surface area (Å²) < 4.78 is 0. The van der Waals surface area contributed by atoms with Crippen molar-refractivity contribution in [1.82, 2.24) is 5.43 Å². The first-order valence-electron chi connectivity index (χ1n) is 4.15. The Morgan fingerprint density at radius 3 is 3.00 bits per heavy atom. The summed E-state index contributed by atoms with van der Waals surface area (Å²) in [6.45, 7) is 2.02. The van der Waals surface area contributed by atoms with Crippen LogP contribution >= 0.6 is 0 Å². The third-order valence-corrected chi connectivity index (χ3v) is 2.16. The van der Waals surface area contributed by atoms with Gasteiger partial charge in [-0.15, -0.1) is 0 Å². The SMILES string of the molecule is CC1NN=C(C#N)c2ccccc21. The average molecular weight is 171 g/mol. The lowest BCUT2D eigenvalue weighted by Gasteiger charge is -2.19. The van der Waals surface area contributed by atoms with Gasteiger partial charge < -0.3 is 5.43 Å². The molecule has 1 aromatic rings. The van der Waals surface area contributed by atoms with Crippen LogP contribution in [-0.4, -0.2) is 5.71 Å². The van der Waals surface area contributed by atoms with Crippen molar-refractivity contribution in [2.45, 2.75) is 13.0 Å². The molecule has 1 unspecified atom stereocenters. The molecule has 1 atom stereocenters. The molecule has 0 aliphatic carbocycles. The van der Waals surface area contributed by atoms with E-state index in [2.05, 4.69) is 16.6 Å². The maximum Gasteiger partial charge on any atom is 0.167 e. The van der Waals surface area contributed by atoms with Crippen LogP contribution in [-0.2, 0) is 0 Å². The van der Waals surface area contributed by atoms with E-state index in [1.807, 2.05) is 31.2 Å². The molecule has 1 aliphatic rings. The highest BCUT2D eigenvalue weighted by Gasteiger charge is 2.17. The smallest absolute Gasteiger partial charge is 0.167 e. The molecule has 3 heteroatoms. The lowest BCUT2D eigenvalue weighted by Crippen LogP contribution is -2.23. The molecule has 0 spiro atoms. The molecule has 1 heterocycles. The monoisotopic (exact) mass is 171 g/mol. The quantitative estimate of drug-likeness (QED) is 0.644. The summed E-state index contributed by atoms with van der Waals surface area (Å²) in [4.78, 5) is 0. The fourth-order valence-electron chi connectivity index (χ4n) is 1.47. The lowest BCUT2D eigenvalue weighted by atomic mass is 9.97. The first-order chi connectivity index (χ1) is 6.33. The molecule has 0 saturated heterocycles. The van der Waals surface area contributed by atoms with Crippen LogP contribution in [0.2, 0.25) is 0 Å². The molecule has 0 radical (unpaired) electrons. The highest BCUT2D eigenvalue weighted by atomic mass is 15.3. The van der Waals surface area contributed by atoms with E-state index in [4.69, 9.17) is 5.26 Å². The summed E-state index contributed by atoms with van der Waals surface area (Å²) in [5, 5.41) is 12.8. The number of hydrazone groups is 1. The predicted octanol–water partition coefficient (Wildman–Crippen LogP) is 1.58. The van der Waals surface area contributed by atoms with Crippen LogP contribution in [0.15, 0.2) is 29.4 Å². The number of nitriles is 1. The summed E-state index contributed by atoms with van der Waals surface area (Å²) in [6.07, 6.45) is 0. The predicted molar refractivity (Wildman–Crippen MR) is 50.1 cm³/mol. The maximum absolute atomic E-state index is 8.80. The van der Waals surface area contributed by atoms with Crippen molar-refractivity contribution in [2.24, 2.45) is 5.10 Å². The molecule has 1 N–H and O–H groups in total. The minimum absolute atomic E-state index is 0.188. The van der Waals surface area contributed by atoms with Crippen molar-refractivity contribution < 1.29 is 0 Å². The zero-order chi connectivity index (χ0) is 9.26. The summed E-state index contributed by atoms with van der Waals surface area (Å²) >= 11 is 0. The van der Waals surface area contributed by atoms with E-state index in [9.17, 15) is 0 Å². The maximum atomic E-state index is 8.80. The first-order valence-corrected chi connectivity index (χ1v) is 4.15. The Morgan fingerprint density at radius 2 is 2.23 bits per heavy atom. The molecule has 3 nitrogen and oxygen atoms in total. The molecule has 13 heavy (non-hydrogen) atoms. The van der Waals surface area contributed by atoms with E-state index >= 15 is 0 Å². The standard InChI is InChI=1S/C10H9N3/c1-7-8-4-2-3-5-9(8)10(6-11)13-12-7/h2-5,7,12H,1H3. The van der Waals surface area contributed by atoms with Crippen LogP contribution in [0.4, 0.5) is 0 Å². The average Bonchev–Trinajstić information content (AvgIpc) is 2.19. The molecule has 2 rings (SSSR count). The minimum atomic E-state index is 0.188. The number of nitrogens with one attached hydrogen (secondary N) is 1. The van der Waals surface area contributed by atoms with E-state index in [0.717, 1.165) is 11.1 Å². The number of fused-ring (bicyclic) bond motifs is 1. The fraction of sp³-hybridized carbons (Fsp3) is 0.200. The second-order valence-corrected chi connectivity index (χ2v) is 3.01. The largest absolute Gasteiger partial charge is 0.302 e. The van der Waals surface area contributed by atoms with E-state index in [1.54, 1.807) is 0 Å². The zero-order valence-electron chi connectivity index (χ0n) is 7.28. The van der Waals surface area contributed by atoms with Gasteiger partial charge in [-0.3, -0.25) is 0 Å². The van der Waals surface area contributed by atoms with Gasteiger partial charge in [0.2, 0.25) is 0 Å². The fourth-order valence-corrected chi connectivity index (χ4v) is 1.47.